The number of aryl methyl sites for hydroxylation is 1. The van der Waals surface area contributed by atoms with Gasteiger partial charge in [0, 0.05) is 45.5 Å². The second-order valence-corrected chi connectivity index (χ2v) is 6.78. The van der Waals surface area contributed by atoms with Crippen molar-refractivity contribution in [3.8, 4) is 0 Å². The van der Waals surface area contributed by atoms with Gasteiger partial charge in [0.25, 0.3) is 0 Å². The number of guanidine groups is 1. The first-order valence-corrected chi connectivity index (χ1v) is 7.79. The van der Waals surface area contributed by atoms with Crippen LogP contribution in [0, 0.1) is 5.41 Å². The quantitative estimate of drug-likeness (QED) is 0.332. The Balaban J connectivity index is 0.00000441. The molecule has 0 fully saturated rings. The van der Waals surface area contributed by atoms with Crippen LogP contribution in [-0.4, -0.2) is 40.8 Å². The van der Waals surface area contributed by atoms with E-state index in [-0.39, 0.29) is 24.0 Å². The highest BCUT2D eigenvalue weighted by atomic mass is 127. The molecule has 1 heterocycles. The van der Waals surface area contributed by atoms with E-state index in [4.69, 9.17) is 4.99 Å². The zero-order chi connectivity index (χ0) is 15.9. The molecule has 0 unspecified atom stereocenters. The molecular weight excluding hydrogens is 389 g/mol. The Morgan fingerprint density at radius 2 is 2.09 bits per heavy atom. The van der Waals surface area contributed by atoms with Crippen LogP contribution in [0.5, 0.6) is 0 Å². The SMILES string of the molecule is CCNC(=NCCCC(C)(C)C)N(C)Cc1cnn(C)c1.I. The Labute approximate surface area is 152 Å². The first-order valence-electron chi connectivity index (χ1n) is 7.79. The Morgan fingerprint density at radius 1 is 1.41 bits per heavy atom. The lowest BCUT2D eigenvalue weighted by Crippen LogP contribution is -2.38. The number of hydrogen-bond donors (Lipinski definition) is 1. The predicted octanol–water partition coefficient (Wildman–Crippen LogP) is 3.26. The minimum atomic E-state index is 0. The van der Waals surface area contributed by atoms with Gasteiger partial charge in [-0.3, -0.25) is 9.67 Å². The van der Waals surface area contributed by atoms with Crippen molar-refractivity contribution in [2.75, 3.05) is 20.1 Å². The maximum absolute atomic E-state index is 4.72. The van der Waals surface area contributed by atoms with Gasteiger partial charge in [-0.15, -0.1) is 24.0 Å². The molecule has 0 aromatic carbocycles. The summed E-state index contributed by atoms with van der Waals surface area (Å²) >= 11 is 0. The van der Waals surface area contributed by atoms with E-state index in [0.29, 0.717) is 5.41 Å². The van der Waals surface area contributed by atoms with Gasteiger partial charge < -0.3 is 10.2 Å². The van der Waals surface area contributed by atoms with Gasteiger partial charge in [0.1, 0.15) is 0 Å². The molecule has 1 rings (SSSR count). The van der Waals surface area contributed by atoms with E-state index in [1.807, 2.05) is 24.1 Å². The lowest BCUT2D eigenvalue weighted by molar-refractivity contribution is 0.367. The maximum Gasteiger partial charge on any atom is 0.193 e. The Kier molecular flexibility index (Phi) is 9.71. The zero-order valence-electron chi connectivity index (χ0n) is 14.9. The average Bonchev–Trinajstić information content (AvgIpc) is 2.77. The van der Waals surface area contributed by atoms with Crippen LogP contribution in [0.15, 0.2) is 17.4 Å². The largest absolute Gasteiger partial charge is 0.357 e. The fourth-order valence-electron chi connectivity index (χ4n) is 2.17. The second-order valence-electron chi connectivity index (χ2n) is 6.78. The van der Waals surface area contributed by atoms with Gasteiger partial charge in [0.05, 0.1) is 6.20 Å². The summed E-state index contributed by atoms with van der Waals surface area (Å²) in [5.74, 6) is 0.968. The number of rotatable bonds is 6. The molecule has 0 saturated heterocycles. The fourth-order valence-corrected chi connectivity index (χ4v) is 2.17. The van der Waals surface area contributed by atoms with Crippen molar-refractivity contribution in [2.24, 2.45) is 17.5 Å². The van der Waals surface area contributed by atoms with Crippen LogP contribution >= 0.6 is 24.0 Å². The third-order valence-corrected chi connectivity index (χ3v) is 3.22. The molecule has 0 aliphatic heterocycles. The van der Waals surface area contributed by atoms with Gasteiger partial charge in [0.2, 0.25) is 0 Å². The fraction of sp³-hybridized carbons (Fsp3) is 0.750. The van der Waals surface area contributed by atoms with Crippen molar-refractivity contribution in [2.45, 2.75) is 47.1 Å². The number of aromatic nitrogens is 2. The van der Waals surface area contributed by atoms with Crippen molar-refractivity contribution in [3.05, 3.63) is 18.0 Å². The highest BCUT2D eigenvalue weighted by Gasteiger charge is 2.10. The van der Waals surface area contributed by atoms with E-state index in [1.165, 1.54) is 12.0 Å². The first-order chi connectivity index (χ1) is 9.81. The van der Waals surface area contributed by atoms with E-state index in [1.54, 1.807) is 0 Å². The molecule has 0 aliphatic carbocycles. The average molecular weight is 421 g/mol. The van der Waals surface area contributed by atoms with E-state index >= 15 is 0 Å². The summed E-state index contributed by atoms with van der Waals surface area (Å²) in [5, 5.41) is 7.56. The van der Waals surface area contributed by atoms with Gasteiger partial charge in [0.15, 0.2) is 5.96 Å². The maximum atomic E-state index is 4.72. The molecule has 5 nitrogen and oxygen atoms in total. The zero-order valence-corrected chi connectivity index (χ0v) is 17.2. The lowest BCUT2D eigenvalue weighted by Gasteiger charge is -2.22. The van der Waals surface area contributed by atoms with Crippen LogP contribution in [0.2, 0.25) is 0 Å². The smallest absolute Gasteiger partial charge is 0.193 e. The highest BCUT2D eigenvalue weighted by molar-refractivity contribution is 14.0. The number of nitrogens with zero attached hydrogens (tertiary/aromatic N) is 4. The van der Waals surface area contributed by atoms with Crippen LogP contribution in [0.3, 0.4) is 0 Å². The van der Waals surface area contributed by atoms with Gasteiger partial charge in [-0.25, -0.2) is 0 Å². The molecule has 0 radical (unpaired) electrons. The molecule has 1 aromatic heterocycles. The van der Waals surface area contributed by atoms with Crippen LogP contribution in [0.25, 0.3) is 0 Å². The summed E-state index contributed by atoms with van der Waals surface area (Å²) in [5.41, 5.74) is 1.58. The number of halogens is 1. The lowest BCUT2D eigenvalue weighted by atomic mass is 9.91. The molecule has 22 heavy (non-hydrogen) atoms. The Morgan fingerprint density at radius 3 is 2.59 bits per heavy atom. The minimum absolute atomic E-state index is 0. The van der Waals surface area contributed by atoms with Gasteiger partial charge >= 0.3 is 0 Å². The monoisotopic (exact) mass is 421 g/mol. The van der Waals surface area contributed by atoms with Crippen LogP contribution in [0.4, 0.5) is 0 Å². The summed E-state index contributed by atoms with van der Waals surface area (Å²) < 4.78 is 1.83. The molecule has 128 valence electrons. The summed E-state index contributed by atoms with van der Waals surface area (Å²) in [4.78, 5) is 6.87. The van der Waals surface area contributed by atoms with Crippen molar-refractivity contribution in [1.82, 2.24) is 20.0 Å². The standard InChI is InChI=1S/C16H31N5.HI/c1-7-17-15(18-10-8-9-16(2,3)4)20(5)12-14-11-19-21(6)13-14;/h11,13H,7-10,12H2,1-6H3,(H,17,18);1H. The van der Waals surface area contributed by atoms with Crippen LogP contribution in [0.1, 0.15) is 46.1 Å². The number of aliphatic imine (C=N–C) groups is 1. The van der Waals surface area contributed by atoms with E-state index in [9.17, 15) is 0 Å². The molecule has 0 aliphatic rings. The molecule has 1 aromatic rings. The molecule has 1 N–H and O–H groups in total. The summed E-state index contributed by atoms with van der Waals surface area (Å²) in [6, 6.07) is 0. The van der Waals surface area contributed by atoms with Crippen molar-refractivity contribution >= 4 is 29.9 Å². The molecule has 0 bridgehead atoms. The summed E-state index contributed by atoms with van der Waals surface area (Å²) in [6.07, 6.45) is 6.26. The predicted molar refractivity (Wildman–Crippen MR) is 105 cm³/mol. The van der Waals surface area contributed by atoms with Crippen LogP contribution in [-0.2, 0) is 13.6 Å². The van der Waals surface area contributed by atoms with Crippen molar-refractivity contribution in [3.63, 3.8) is 0 Å². The second kappa shape index (κ2) is 10.1. The van der Waals surface area contributed by atoms with Gasteiger partial charge in [-0.1, -0.05) is 20.8 Å². The highest BCUT2D eigenvalue weighted by Crippen LogP contribution is 2.20. The van der Waals surface area contributed by atoms with E-state index in [2.05, 4.69) is 50.1 Å². The first kappa shape index (κ1) is 21.2. The van der Waals surface area contributed by atoms with Crippen molar-refractivity contribution in [1.29, 1.82) is 0 Å². The normalized spacial score (nSPS) is 12.0. The molecular formula is C16H32IN5. The van der Waals surface area contributed by atoms with E-state index < -0.39 is 0 Å². The topological polar surface area (TPSA) is 45.5 Å². The Bertz CT molecular complexity index is 448. The molecule has 0 amide bonds. The molecule has 0 saturated carbocycles. The third-order valence-electron chi connectivity index (χ3n) is 3.22. The molecule has 0 atom stereocenters. The summed E-state index contributed by atoms with van der Waals surface area (Å²) in [6.45, 7) is 11.5. The van der Waals surface area contributed by atoms with Crippen molar-refractivity contribution < 1.29 is 0 Å². The summed E-state index contributed by atoms with van der Waals surface area (Å²) in [7, 11) is 4.01. The molecule has 6 heteroatoms. The number of hydrogen-bond acceptors (Lipinski definition) is 2. The van der Waals surface area contributed by atoms with E-state index in [0.717, 1.165) is 32.0 Å². The Hall–Kier alpha value is -0.790. The number of nitrogens with one attached hydrogen (secondary N) is 1. The van der Waals surface area contributed by atoms with Gasteiger partial charge in [-0.2, -0.15) is 5.10 Å². The third kappa shape index (κ3) is 8.60. The molecule has 0 spiro atoms. The van der Waals surface area contributed by atoms with Crippen LogP contribution < -0.4 is 5.32 Å². The van der Waals surface area contributed by atoms with Gasteiger partial charge in [-0.05, 0) is 25.2 Å². The minimum Gasteiger partial charge on any atom is -0.357 e.